The number of piperazine rings is 1. The van der Waals surface area contributed by atoms with Crippen molar-refractivity contribution < 1.29 is 13.2 Å². The molecule has 0 radical (unpaired) electrons. The van der Waals surface area contributed by atoms with E-state index in [0.717, 1.165) is 0 Å². The van der Waals surface area contributed by atoms with E-state index in [4.69, 9.17) is 0 Å². The van der Waals surface area contributed by atoms with Gasteiger partial charge in [0.2, 0.25) is 15.9 Å². The molecule has 1 N–H and O–H groups in total. The van der Waals surface area contributed by atoms with Gasteiger partial charge in [0, 0.05) is 20.1 Å². The molecule has 0 bridgehead atoms. The minimum absolute atomic E-state index is 0.108. The van der Waals surface area contributed by atoms with Crippen molar-refractivity contribution in [2.45, 2.75) is 18.7 Å². The number of likely N-dealkylation sites (N-methyl/N-ethyl adjacent to an activating group) is 1. The third-order valence-corrected chi connectivity index (χ3v) is 5.19. The summed E-state index contributed by atoms with van der Waals surface area (Å²) < 4.78 is 26.1. The van der Waals surface area contributed by atoms with Gasteiger partial charge in [0.15, 0.2) is 0 Å². The Kier molecular flexibility index (Phi) is 3.16. The van der Waals surface area contributed by atoms with Crippen molar-refractivity contribution in [2.75, 3.05) is 26.7 Å². The van der Waals surface area contributed by atoms with Crippen molar-refractivity contribution in [1.29, 1.82) is 0 Å². The van der Waals surface area contributed by atoms with Crippen molar-refractivity contribution in [2.24, 2.45) is 0 Å². The summed E-state index contributed by atoms with van der Waals surface area (Å²) in [4.78, 5) is 13.3. The van der Waals surface area contributed by atoms with Crippen molar-refractivity contribution >= 4 is 15.9 Å². The number of carbonyl (C=O) groups excluding carboxylic acids is 1. The summed E-state index contributed by atoms with van der Waals surface area (Å²) >= 11 is 0. The van der Waals surface area contributed by atoms with Gasteiger partial charge < -0.3 is 4.90 Å². The summed E-state index contributed by atoms with van der Waals surface area (Å²) in [5, 5.41) is 6.54. The lowest BCUT2D eigenvalue weighted by Crippen LogP contribution is -2.50. The second-order valence-corrected chi connectivity index (χ2v) is 6.29. The summed E-state index contributed by atoms with van der Waals surface area (Å²) in [7, 11) is -1.98. The number of nitrogens with zero attached hydrogens (tertiary/aromatic N) is 3. The smallest absolute Gasteiger partial charge is 0.247 e. The maximum Gasteiger partial charge on any atom is 0.247 e. The SMILES string of the molecule is Cc1n[nH]c(C)c1S(=O)(=O)N1CCN(C)C(=O)C1. The number of aromatic amines is 1. The molecule has 7 nitrogen and oxygen atoms in total. The van der Waals surface area contributed by atoms with Crippen LogP contribution < -0.4 is 0 Å². The first-order chi connectivity index (χ1) is 8.34. The first-order valence-corrected chi connectivity index (χ1v) is 7.03. The molecular weight excluding hydrogens is 256 g/mol. The minimum Gasteiger partial charge on any atom is -0.343 e. The lowest BCUT2D eigenvalue weighted by Gasteiger charge is -2.31. The van der Waals surface area contributed by atoms with Crippen molar-refractivity contribution in [3.8, 4) is 0 Å². The fourth-order valence-electron chi connectivity index (χ4n) is 1.99. The zero-order chi connectivity index (χ0) is 13.5. The third kappa shape index (κ3) is 2.01. The van der Waals surface area contributed by atoms with Crippen molar-refractivity contribution in [3.63, 3.8) is 0 Å². The number of sulfonamides is 1. The van der Waals surface area contributed by atoms with E-state index >= 15 is 0 Å². The van der Waals surface area contributed by atoms with Gasteiger partial charge in [-0.05, 0) is 13.8 Å². The van der Waals surface area contributed by atoms with E-state index in [0.29, 0.717) is 24.5 Å². The van der Waals surface area contributed by atoms with Gasteiger partial charge in [0.1, 0.15) is 4.90 Å². The normalized spacial score (nSPS) is 18.4. The molecule has 1 fully saturated rings. The number of rotatable bonds is 2. The highest BCUT2D eigenvalue weighted by Gasteiger charge is 2.34. The Morgan fingerprint density at radius 1 is 1.28 bits per heavy atom. The summed E-state index contributed by atoms with van der Waals surface area (Å²) in [6, 6.07) is 0. The van der Waals surface area contributed by atoms with E-state index in [-0.39, 0.29) is 17.3 Å². The highest BCUT2D eigenvalue weighted by molar-refractivity contribution is 7.89. The number of H-pyrrole nitrogens is 1. The highest BCUT2D eigenvalue weighted by Crippen LogP contribution is 2.22. The van der Waals surface area contributed by atoms with Crippen LogP contribution >= 0.6 is 0 Å². The second-order valence-electron chi connectivity index (χ2n) is 4.42. The van der Waals surface area contributed by atoms with Gasteiger partial charge in [-0.2, -0.15) is 9.40 Å². The Balaban J connectivity index is 2.36. The molecule has 8 heteroatoms. The van der Waals surface area contributed by atoms with Crippen LogP contribution in [0.2, 0.25) is 0 Å². The average Bonchev–Trinajstić information content (AvgIpc) is 2.62. The van der Waals surface area contributed by atoms with Gasteiger partial charge in [0.25, 0.3) is 0 Å². The van der Waals surface area contributed by atoms with Crippen LogP contribution in [0, 0.1) is 13.8 Å². The van der Waals surface area contributed by atoms with Crippen LogP contribution in [0.5, 0.6) is 0 Å². The lowest BCUT2D eigenvalue weighted by molar-refractivity contribution is -0.132. The Morgan fingerprint density at radius 2 is 1.94 bits per heavy atom. The first-order valence-electron chi connectivity index (χ1n) is 5.59. The fourth-order valence-corrected chi connectivity index (χ4v) is 3.70. The molecule has 0 aliphatic carbocycles. The van der Waals surface area contributed by atoms with Gasteiger partial charge in [-0.3, -0.25) is 9.89 Å². The van der Waals surface area contributed by atoms with Crippen LogP contribution in [0.3, 0.4) is 0 Å². The topological polar surface area (TPSA) is 86.4 Å². The van der Waals surface area contributed by atoms with Crippen LogP contribution in [0.15, 0.2) is 4.90 Å². The molecule has 2 rings (SSSR count). The molecule has 0 atom stereocenters. The van der Waals surface area contributed by atoms with Gasteiger partial charge >= 0.3 is 0 Å². The molecule has 1 aromatic rings. The van der Waals surface area contributed by atoms with Gasteiger partial charge in [-0.25, -0.2) is 8.42 Å². The zero-order valence-corrected chi connectivity index (χ0v) is 11.4. The van der Waals surface area contributed by atoms with Crippen LogP contribution in [0.4, 0.5) is 0 Å². The average molecular weight is 272 g/mol. The monoisotopic (exact) mass is 272 g/mol. The van der Waals surface area contributed by atoms with Gasteiger partial charge in [-0.15, -0.1) is 0 Å². The van der Waals surface area contributed by atoms with Crippen LogP contribution in [-0.2, 0) is 14.8 Å². The predicted molar refractivity (Wildman–Crippen MR) is 64.5 cm³/mol. The summed E-state index contributed by atoms with van der Waals surface area (Å²) in [5.41, 5.74) is 0.928. The minimum atomic E-state index is -3.64. The van der Waals surface area contributed by atoms with E-state index in [2.05, 4.69) is 10.2 Å². The molecule has 0 aromatic carbocycles. The summed E-state index contributed by atoms with van der Waals surface area (Å²) in [6.07, 6.45) is 0. The van der Waals surface area contributed by atoms with E-state index in [1.54, 1.807) is 20.9 Å². The standard InChI is InChI=1S/C10H16N4O3S/c1-7-10(8(2)12-11-7)18(16,17)14-5-4-13(3)9(15)6-14/h4-6H2,1-3H3,(H,11,12). The highest BCUT2D eigenvalue weighted by atomic mass is 32.2. The number of hydrogen-bond donors (Lipinski definition) is 1. The molecule has 1 aliphatic heterocycles. The molecule has 2 heterocycles. The van der Waals surface area contributed by atoms with E-state index in [1.165, 1.54) is 9.21 Å². The van der Waals surface area contributed by atoms with Crippen LogP contribution in [0.1, 0.15) is 11.4 Å². The molecule has 18 heavy (non-hydrogen) atoms. The first kappa shape index (κ1) is 13.0. The van der Waals surface area contributed by atoms with E-state index in [1.807, 2.05) is 0 Å². The number of hydrogen-bond acceptors (Lipinski definition) is 4. The Hall–Kier alpha value is -1.41. The Labute approximate surface area is 106 Å². The summed E-state index contributed by atoms with van der Waals surface area (Å²) in [6.45, 7) is 3.91. The molecule has 0 saturated carbocycles. The van der Waals surface area contributed by atoms with Crippen LogP contribution in [0.25, 0.3) is 0 Å². The van der Waals surface area contributed by atoms with E-state index < -0.39 is 10.0 Å². The number of nitrogens with one attached hydrogen (secondary N) is 1. The maximum atomic E-state index is 12.4. The van der Waals surface area contributed by atoms with Gasteiger partial charge in [-0.1, -0.05) is 0 Å². The Bertz CT molecular complexity index is 558. The largest absolute Gasteiger partial charge is 0.343 e. The number of carbonyl (C=O) groups is 1. The predicted octanol–water partition coefficient (Wildman–Crippen LogP) is -0.511. The molecule has 0 unspecified atom stereocenters. The number of aryl methyl sites for hydroxylation is 2. The molecule has 1 aromatic heterocycles. The maximum absolute atomic E-state index is 12.4. The van der Waals surface area contributed by atoms with Crippen molar-refractivity contribution in [3.05, 3.63) is 11.4 Å². The molecule has 100 valence electrons. The second kappa shape index (κ2) is 4.36. The zero-order valence-electron chi connectivity index (χ0n) is 10.6. The number of amides is 1. The third-order valence-electron chi connectivity index (χ3n) is 3.08. The quantitative estimate of drug-likeness (QED) is 0.785. The van der Waals surface area contributed by atoms with E-state index in [9.17, 15) is 13.2 Å². The molecule has 1 saturated heterocycles. The van der Waals surface area contributed by atoms with Crippen molar-refractivity contribution in [1.82, 2.24) is 19.4 Å². The molecular formula is C10H16N4O3S. The number of aromatic nitrogens is 2. The Morgan fingerprint density at radius 3 is 2.44 bits per heavy atom. The van der Waals surface area contributed by atoms with Gasteiger partial charge in [0.05, 0.1) is 17.9 Å². The molecule has 1 amide bonds. The lowest BCUT2D eigenvalue weighted by atomic mass is 10.4. The molecule has 0 spiro atoms. The summed E-state index contributed by atoms with van der Waals surface area (Å²) in [5.74, 6) is -0.191. The van der Waals surface area contributed by atoms with Crippen LogP contribution in [-0.4, -0.2) is 60.4 Å². The molecule has 1 aliphatic rings. The fraction of sp³-hybridized carbons (Fsp3) is 0.600.